The first-order chi connectivity index (χ1) is 9.43. The van der Waals surface area contributed by atoms with Gasteiger partial charge in [0.05, 0.1) is 21.6 Å². The number of rotatable bonds is 2. The van der Waals surface area contributed by atoms with Gasteiger partial charge in [0.2, 0.25) is 11.9 Å². The molecule has 0 bridgehead atoms. The Kier molecular flexibility index (Phi) is 4.13. The molecule has 0 aliphatic heterocycles. The summed E-state index contributed by atoms with van der Waals surface area (Å²) in [6, 6.07) is 2.13. The minimum Gasteiger partial charge on any atom is -0.218 e. The zero-order valence-electron chi connectivity index (χ0n) is 9.92. The van der Waals surface area contributed by atoms with E-state index in [2.05, 4.69) is 27.2 Å². The van der Waals surface area contributed by atoms with E-state index >= 15 is 0 Å². The predicted molar refractivity (Wildman–Crippen MR) is 71.8 cm³/mol. The number of aromatic nitrogens is 2. The first-order valence-corrected chi connectivity index (χ1v) is 5.99. The molecule has 3 nitrogen and oxygen atoms in total. The van der Waals surface area contributed by atoms with Crippen LogP contribution in [0.5, 0.6) is 0 Å². The number of isothiocyanates is 1. The van der Waals surface area contributed by atoms with Crippen molar-refractivity contribution < 1.29 is 13.2 Å². The highest BCUT2D eigenvalue weighted by Crippen LogP contribution is 2.31. The summed E-state index contributed by atoms with van der Waals surface area (Å²) in [6.45, 7) is 1.24. The highest BCUT2D eigenvalue weighted by Gasteiger charge is 2.15. The summed E-state index contributed by atoms with van der Waals surface area (Å²) in [5, 5.41) is 1.84. The monoisotopic (exact) mass is 315 g/mol. The molecule has 102 valence electrons. The lowest BCUT2D eigenvalue weighted by atomic mass is 10.2. The SMILES string of the molecule is Cc1c(F)cc(-c2cc(Cl)c(N=C=S)c(F)n2)nc1F. The van der Waals surface area contributed by atoms with E-state index in [4.69, 9.17) is 11.6 Å². The van der Waals surface area contributed by atoms with Gasteiger partial charge in [-0.1, -0.05) is 11.6 Å². The van der Waals surface area contributed by atoms with Crippen LogP contribution in [-0.2, 0) is 0 Å². The fourth-order valence-electron chi connectivity index (χ4n) is 1.43. The second-order valence-corrected chi connectivity index (χ2v) is 4.33. The fourth-order valence-corrected chi connectivity index (χ4v) is 1.75. The van der Waals surface area contributed by atoms with Gasteiger partial charge in [0.1, 0.15) is 11.5 Å². The summed E-state index contributed by atoms with van der Waals surface area (Å²) in [5.41, 5.74) is -0.821. The number of nitrogens with zero attached hydrogens (tertiary/aromatic N) is 3. The molecule has 0 aliphatic rings. The van der Waals surface area contributed by atoms with E-state index in [1.165, 1.54) is 13.0 Å². The molecule has 2 heterocycles. The van der Waals surface area contributed by atoms with Crippen molar-refractivity contribution in [1.29, 1.82) is 0 Å². The summed E-state index contributed by atoms with van der Waals surface area (Å²) in [4.78, 5) is 10.4. The number of hydrogen-bond donors (Lipinski definition) is 0. The number of hydrogen-bond acceptors (Lipinski definition) is 4. The highest BCUT2D eigenvalue weighted by molar-refractivity contribution is 7.78. The third-order valence-electron chi connectivity index (χ3n) is 2.47. The van der Waals surface area contributed by atoms with Crippen LogP contribution in [0.2, 0.25) is 5.02 Å². The van der Waals surface area contributed by atoms with Crippen molar-refractivity contribution in [2.75, 3.05) is 0 Å². The first kappa shape index (κ1) is 14.6. The van der Waals surface area contributed by atoms with E-state index < -0.39 is 17.7 Å². The molecular weight excluding hydrogens is 311 g/mol. The van der Waals surface area contributed by atoms with Crippen molar-refractivity contribution in [3.05, 3.63) is 40.4 Å². The van der Waals surface area contributed by atoms with Gasteiger partial charge in [0.15, 0.2) is 0 Å². The molecule has 0 saturated heterocycles. The summed E-state index contributed by atoms with van der Waals surface area (Å²) < 4.78 is 40.5. The molecule has 0 amide bonds. The maximum atomic E-state index is 13.7. The first-order valence-electron chi connectivity index (χ1n) is 5.21. The molecule has 2 rings (SSSR count). The van der Waals surface area contributed by atoms with E-state index in [1.54, 1.807) is 0 Å². The summed E-state index contributed by atoms with van der Waals surface area (Å²) >= 11 is 10.1. The Labute approximate surface area is 122 Å². The van der Waals surface area contributed by atoms with E-state index in [0.29, 0.717) is 0 Å². The lowest BCUT2D eigenvalue weighted by Crippen LogP contribution is -1.98. The van der Waals surface area contributed by atoms with Crippen molar-refractivity contribution in [1.82, 2.24) is 9.97 Å². The normalized spacial score (nSPS) is 10.2. The van der Waals surface area contributed by atoms with Gasteiger partial charge in [-0.15, -0.1) is 0 Å². The van der Waals surface area contributed by atoms with Crippen molar-refractivity contribution in [2.45, 2.75) is 6.92 Å². The Morgan fingerprint density at radius 1 is 1.15 bits per heavy atom. The lowest BCUT2D eigenvalue weighted by Gasteiger charge is -2.05. The quantitative estimate of drug-likeness (QED) is 0.472. The van der Waals surface area contributed by atoms with Crippen molar-refractivity contribution in [3.8, 4) is 11.4 Å². The van der Waals surface area contributed by atoms with Crippen LogP contribution in [0.15, 0.2) is 17.1 Å². The molecule has 0 saturated carbocycles. The van der Waals surface area contributed by atoms with Gasteiger partial charge in [-0.2, -0.15) is 13.8 Å². The molecule has 8 heteroatoms. The highest BCUT2D eigenvalue weighted by atomic mass is 35.5. The summed E-state index contributed by atoms with van der Waals surface area (Å²) in [5.74, 6) is -2.85. The van der Waals surface area contributed by atoms with E-state index in [9.17, 15) is 13.2 Å². The van der Waals surface area contributed by atoms with Gasteiger partial charge in [-0.3, -0.25) is 0 Å². The predicted octanol–water partition coefficient (Wildman–Crippen LogP) is 4.26. The zero-order valence-corrected chi connectivity index (χ0v) is 11.5. The maximum absolute atomic E-state index is 13.7. The second kappa shape index (κ2) is 5.66. The van der Waals surface area contributed by atoms with Gasteiger partial charge in [-0.25, -0.2) is 14.4 Å². The third kappa shape index (κ3) is 2.70. The van der Waals surface area contributed by atoms with Crippen LogP contribution in [0.3, 0.4) is 0 Å². The number of aliphatic imine (C=N–C) groups is 1. The van der Waals surface area contributed by atoms with Crippen molar-refractivity contribution in [3.63, 3.8) is 0 Å². The average Bonchev–Trinajstić information content (AvgIpc) is 2.39. The molecular formula is C12H5ClF3N3S. The molecule has 0 radical (unpaired) electrons. The van der Waals surface area contributed by atoms with E-state index in [0.717, 1.165) is 6.07 Å². The topological polar surface area (TPSA) is 38.1 Å². The van der Waals surface area contributed by atoms with Crippen LogP contribution in [-0.4, -0.2) is 15.1 Å². The van der Waals surface area contributed by atoms with Crippen LogP contribution >= 0.6 is 23.8 Å². The molecule has 0 aromatic carbocycles. The molecule has 0 spiro atoms. The van der Waals surface area contributed by atoms with Gasteiger partial charge in [-0.05, 0) is 25.2 Å². The van der Waals surface area contributed by atoms with Crippen molar-refractivity contribution in [2.24, 2.45) is 4.99 Å². The van der Waals surface area contributed by atoms with Crippen molar-refractivity contribution >= 4 is 34.7 Å². The minimum atomic E-state index is -1.03. The molecule has 2 aromatic heterocycles. The maximum Gasteiger partial charge on any atom is 0.241 e. The standard InChI is InChI=1S/C12H5ClF3N3S/c1-5-7(14)3-9(18-11(5)15)8-2-6(13)10(17-4-20)12(16)19-8/h2-3H,1H3. The summed E-state index contributed by atoms with van der Waals surface area (Å²) in [7, 11) is 0. The van der Waals surface area contributed by atoms with Crippen LogP contribution in [0, 0.1) is 24.6 Å². The van der Waals surface area contributed by atoms with Gasteiger partial charge < -0.3 is 0 Å². The fraction of sp³-hybridized carbons (Fsp3) is 0.0833. The Balaban J connectivity index is 2.63. The van der Waals surface area contributed by atoms with Crippen LogP contribution in [0.25, 0.3) is 11.4 Å². The smallest absolute Gasteiger partial charge is 0.218 e. The number of thiocarbonyl (C=S) groups is 1. The van der Waals surface area contributed by atoms with Crippen LogP contribution < -0.4 is 0 Å². The molecule has 0 aliphatic carbocycles. The van der Waals surface area contributed by atoms with Gasteiger partial charge in [0, 0.05) is 11.6 Å². The molecule has 20 heavy (non-hydrogen) atoms. The van der Waals surface area contributed by atoms with E-state index in [-0.39, 0.29) is 27.7 Å². The Bertz CT molecular complexity index is 699. The third-order valence-corrected chi connectivity index (χ3v) is 2.85. The molecule has 0 unspecified atom stereocenters. The minimum absolute atomic E-state index is 0.117. The molecule has 0 atom stereocenters. The largest absolute Gasteiger partial charge is 0.241 e. The molecule has 0 fully saturated rings. The molecule has 0 N–H and O–H groups in total. The number of pyridine rings is 2. The second-order valence-electron chi connectivity index (χ2n) is 3.74. The number of halogens is 4. The average molecular weight is 316 g/mol. The lowest BCUT2D eigenvalue weighted by molar-refractivity contribution is 0.538. The Morgan fingerprint density at radius 3 is 2.30 bits per heavy atom. The van der Waals surface area contributed by atoms with E-state index in [1.807, 2.05) is 5.16 Å². The summed E-state index contributed by atoms with van der Waals surface area (Å²) in [6.07, 6.45) is 0. The Morgan fingerprint density at radius 2 is 1.75 bits per heavy atom. The van der Waals surface area contributed by atoms with Gasteiger partial charge >= 0.3 is 0 Å². The molecule has 2 aromatic rings. The van der Waals surface area contributed by atoms with Crippen LogP contribution in [0.4, 0.5) is 18.9 Å². The van der Waals surface area contributed by atoms with Crippen LogP contribution in [0.1, 0.15) is 5.56 Å². The Hall–Kier alpha value is -1.82. The van der Waals surface area contributed by atoms with Gasteiger partial charge in [0.25, 0.3) is 0 Å². The zero-order chi connectivity index (χ0) is 14.9.